The van der Waals surface area contributed by atoms with E-state index in [-0.39, 0.29) is 18.2 Å². The van der Waals surface area contributed by atoms with Gasteiger partial charge in [0.05, 0.1) is 5.60 Å². The predicted octanol–water partition coefficient (Wildman–Crippen LogP) is 2.49. The number of ether oxygens (including phenoxy) is 2. The molecule has 0 aromatic rings. The van der Waals surface area contributed by atoms with E-state index >= 15 is 0 Å². The van der Waals surface area contributed by atoms with Gasteiger partial charge in [-0.05, 0) is 34.6 Å². The lowest BCUT2D eigenvalue weighted by Crippen LogP contribution is -2.41. The van der Waals surface area contributed by atoms with Crippen LogP contribution in [0.5, 0.6) is 0 Å². The average molecular weight is 244 g/mol. The SMILES string of the molecule is CCC(=O)COC(C)(C)OC(C)(C)CC(C)=O. The third-order valence-corrected chi connectivity index (χ3v) is 2.17. The molecule has 0 saturated carbocycles. The van der Waals surface area contributed by atoms with Crippen LogP contribution in [0.3, 0.4) is 0 Å². The Morgan fingerprint density at radius 2 is 1.65 bits per heavy atom. The van der Waals surface area contributed by atoms with E-state index in [1.165, 1.54) is 6.92 Å². The zero-order valence-electron chi connectivity index (χ0n) is 11.8. The number of carbonyl (C=O) groups is 2. The van der Waals surface area contributed by atoms with Gasteiger partial charge >= 0.3 is 0 Å². The van der Waals surface area contributed by atoms with Gasteiger partial charge in [-0.2, -0.15) is 0 Å². The molecule has 17 heavy (non-hydrogen) atoms. The van der Waals surface area contributed by atoms with Crippen molar-refractivity contribution in [2.24, 2.45) is 0 Å². The summed E-state index contributed by atoms with van der Waals surface area (Å²) in [5.74, 6) is -0.773. The maximum Gasteiger partial charge on any atom is 0.164 e. The second kappa shape index (κ2) is 6.26. The lowest BCUT2D eigenvalue weighted by atomic mass is 10.0. The van der Waals surface area contributed by atoms with Gasteiger partial charge in [-0.15, -0.1) is 0 Å². The van der Waals surface area contributed by atoms with E-state index in [0.717, 1.165) is 0 Å². The molecule has 4 nitrogen and oxygen atoms in total. The normalized spacial score (nSPS) is 12.6. The van der Waals surface area contributed by atoms with Crippen LogP contribution in [-0.2, 0) is 19.1 Å². The van der Waals surface area contributed by atoms with E-state index in [1.54, 1.807) is 20.8 Å². The van der Waals surface area contributed by atoms with E-state index in [0.29, 0.717) is 12.8 Å². The monoisotopic (exact) mass is 244 g/mol. The molecule has 0 spiro atoms. The fourth-order valence-corrected chi connectivity index (χ4v) is 1.69. The summed E-state index contributed by atoms with van der Waals surface area (Å²) < 4.78 is 11.2. The quantitative estimate of drug-likeness (QED) is 0.615. The molecule has 0 aliphatic carbocycles. The highest BCUT2D eigenvalue weighted by Crippen LogP contribution is 2.24. The van der Waals surface area contributed by atoms with Crippen molar-refractivity contribution in [3.8, 4) is 0 Å². The fraction of sp³-hybridized carbons (Fsp3) is 0.846. The molecular formula is C13H24O4. The number of ketones is 2. The van der Waals surface area contributed by atoms with Crippen molar-refractivity contribution in [1.29, 1.82) is 0 Å². The Bertz CT molecular complexity index is 279. The molecule has 0 unspecified atom stereocenters. The van der Waals surface area contributed by atoms with Crippen molar-refractivity contribution in [2.75, 3.05) is 6.61 Å². The van der Waals surface area contributed by atoms with Crippen LogP contribution >= 0.6 is 0 Å². The summed E-state index contributed by atoms with van der Waals surface area (Å²) in [5, 5.41) is 0. The molecule has 0 N–H and O–H groups in total. The van der Waals surface area contributed by atoms with Crippen LogP contribution in [-0.4, -0.2) is 29.6 Å². The zero-order valence-corrected chi connectivity index (χ0v) is 11.8. The molecule has 0 aliphatic heterocycles. The number of hydrogen-bond donors (Lipinski definition) is 0. The summed E-state index contributed by atoms with van der Waals surface area (Å²) >= 11 is 0. The number of Topliss-reactive ketones (excluding diaryl/α,β-unsaturated/α-hetero) is 2. The van der Waals surface area contributed by atoms with Crippen LogP contribution in [0, 0.1) is 0 Å². The maximum absolute atomic E-state index is 11.2. The predicted molar refractivity (Wildman–Crippen MR) is 65.8 cm³/mol. The van der Waals surface area contributed by atoms with Crippen LogP contribution < -0.4 is 0 Å². The van der Waals surface area contributed by atoms with Gasteiger partial charge in [0, 0.05) is 12.8 Å². The Kier molecular flexibility index (Phi) is 5.99. The molecule has 0 rings (SSSR count). The van der Waals surface area contributed by atoms with Crippen LogP contribution in [0.4, 0.5) is 0 Å². The number of carbonyl (C=O) groups excluding carboxylic acids is 2. The smallest absolute Gasteiger partial charge is 0.164 e. The van der Waals surface area contributed by atoms with Crippen LogP contribution in [0.2, 0.25) is 0 Å². The molecule has 4 heteroatoms. The van der Waals surface area contributed by atoms with E-state index in [9.17, 15) is 9.59 Å². The minimum absolute atomic E-state index is 0.0334. The molecule has 0 amide bonds. The summed E-state index contributed by atoms with van der Waals surface area (Å²) in [6.45, 7) is 10.5. The van der Waals surface area contributed by atoms with E-state index in [2.05, 4.69) is 0 Å². The van der Waals surface area contributed by atoms with Gasteiger partial charge in [0.25, 0.3) is 0 Å². The minimum Gasteiger partial charge on any atom is -0.344 e. The molecule has 0 aliphatic rings. The lowest BCUT2D eigenvalue weighted by molar-refractivity contribution is -0.259. The summed E-state index contributed by atoms with van der Waals surface area (Å²) in [7, 11) is 0. The van der Waals surface area contributed by atoms with Crippen LogP contribution in [0.25, 0.3) is 0 Å². The minimum atomic E-state index is -0.871. The van der Waals surface area contributed by atoms with Gasteiger partial charge in [0.15, 0.2) is 11.6 Å². The van der Waals surface area contributed by atoms with Gasteiger partial charge < -0.3 is 9.47 Å². The van der Waals surface area contributed by atoms with E-state index < -0.39 is 11.4 Å². The second-order valence-electron chi connectivity index (χ2n) is 5.32. The molecule has 0 aromatic carbocycles. The highest BCUT2D eigenvalue weighted by Gasteiger charge is 2.31. The Labute approximate surface area is 104 Å². The highest BCUT2D eigenvalue weighted by molar-refractivity contribution is 5.79. The average Bonchev–Trinajstić information content (AvgIpc) is 2.10. The fourth-order valence-electron chi connectivity index (χ4n) is 1.69. The van der Waals surface area contributed by atoms with E-state index in [4.69, 9.17) is 9.47 Å². The maximum atomic E-state index is 11.2. The van der Waals surface area contributed by atoms with E-state index in [1.807, 2.05) is 13.8 Å². The molecule has 0 saturated heterocycles. The molecule has 0 bridgehead atoms. The van der Waals surface area contributed by atoms with Crippen molar-refractivity contribution < 1.29 is 19.1 Å². The largest absolute Gasteiger partial charge is 0.344 e. The summed E-state index contributed by atoms with van der Waals surface area (Å²) in [6.07, 6.45) is 0.772. The lowest BCUT2D eigenvalue weighted by Gasteiger charge is -2.35. The van der Waals surface area contributed by atoms with Crippen molar-refractivity contribution in [1.82, 2.24) is 0 Å². The van der Waals surface area contributed by atoms with Crippen LogP contribution in [0.15, 0.2) is 0 Å². The standard InChI is InChI=1S/C13H24O4/c1-7-11(15)9-16-13(5,6)17-12(3,4)8-10(2)14/h7-9H2,1-6H3. The van der Waals surface area contributed by atoms with Gasteiger partial charge in [0.2, 0.25) is 0 Å². The molecular weight excluding hydrogens is 220 g/mol. The first kappa shape index (κ1) is 16.3. The van der Waals surface area contributed by atoms with Gasteiger partial charge in [-0.1, -0.05) is 6.92 Å². The Hall–Kier alpha value is -0.740. The van der Waals surface area contributed by atoms with Crippen molar-refractivity contribution in [2.45, 2.75) is 65.8 Å². The molecule has 0 atom stereocenters. The number of rotatable bonds is 8. The van der Waals surface area contributed by atoms with Crippen molar-refractivity contribution >= 4 is 11.6 Å². The first-order valence-corrected chi connectivity index (χ1v) is 5.93. The summed E-state index contributed by atoms with van der Waals surface area (Å²) in [6, 6.07) is 0. The summed E-state index contributed by atoms with van der Waals surface area (Å²) in [5.41, 5.74) is -0.593. The first-order valence-electron chi connectivity index (χ1n) is 5.93. The van der Waals surface area contributed by atoms with Gasteiger partial charge in [-0.3, -0.25) is 9.59 Å². The zero-order chi connectivity index (χ0) is 13.7. The molecule has 0 heterocycles. The first-order chi connectivity index (χ1) is 7.58. The molecule has 0 fully saturated rings. The van der Waals surface area contributed by atoms with Crippen molar-refractivity contribution in [3.05, 3.63) is 0 Å². The number of hydrogen-bond acceptors (Lipinski definition) is 4. The Morgan fingerprint density at radius 1 is 1.12 bits per heavy atom. The van der Waals surface area contributed by atoms with Crippen LogP contribution in [0.1, 0.15) is 54.4 Å². The molecule has 0 radical (unpaired) electrons. The van der Waals surface area contributed by atoms with Gasteiger partial charge in [0.1, 0.15) is 12.4 Å². The highest BCUT2D eigenvalue weighted by atomic mass is 16.7. The molecule has 100 valence electrons. The molecule has 0 aromatic heterocycles. The van der Waals surface area contributed by atoms with Gasteiger partial charge in [-0.25, -0.2) is 0 Å². The van der Waals surface area contributed by atoms with Crippen molar-refractivity contribution in [3.63, 3.8) is 0 Å². The Morgan fingerprint density at radius 3 is 2.06 bits per heavy atom. The third-order valence-electron chi connectivity index (χ3n) is 2.17. The summed E-state index contributed by atoms with van der Waals surface area (Å²) in [4.78, 5) is 22.2. The Balaban J connectivity index is 4.32. The third kappa shape index (κ3) is 8.05. The second-order valence-corrected chi connectivity index (χ2v) is 5.32. The topological polar surface area (TPSA) is 52.6 Å².